The van der Waals surface area contributed by atoms with Gasteiger partial charge in [0.2, 0.25) is 0 Å². The van der Waals surface area contributed by atoms with Crippen molar-refractivity contribution >= 4 is 22.4 Å². The highest BCUT2D eigenvalue weighted by atomic mass is 32.1. The number of anilines is 1. The van der Waals surface area contributed by atoms with Crippen LogP contribution in [0.3, 0.4) is 0 Å². The monoisotopic (exact) mass is 379 g/mol. The Morgan fingerprint density at radius 1 is 1.07 bits per heavy atom. The molecule has 0 spiro atoms. The van der Waals surface area contributed by atoms with E-state index in [1.165, 1.54) is 16.9 Å². The molecule has 3 N–H and O–H groups in total. The van der Waals surface area contributed by atoms with Crippen LogP contribution in [-0.2, 0) is 5.41 Å². The number of nitrogens with two attached hydrogens (primary N) is 1. The standard InChI is InChI=1S/C21H21N3O2S/c22-20-23-18(14-27-20)21(16-4-2-1-3-5-16)10-12-24(13-11-21)19(26)15-6-8-17(25)9-7-15/h1-9,14,25H,10-13H2,(H2,22,23). The first-order valence-electron chi connectivity index (χ1n) is 8.94. The summed E-state index contributed by atoms with van der Waals surface area (Å²) in [6.07, 6.45) is 1.59. The van der Waals surface area contributed by atoms with Crippen molar-refractivity contribution in [3.63, 3.8) is 0 Å². The van der Waals surface area contributed by atoms with Gasteiger partial charge >= 0.3 is 0 Å². The number of phenolic OH excluding ortho intramolecular Hbond substituents is 1. The molecule has 1 saturated heterocycles. The van der Waals surface area contributed by atoms with Crippen LogP contribution in [0.1, 0.15) is 34.5 Å². The zero-order valence-electron chi connectivity index (χ0n) is 14.8. The number of nitrogen functional groups attached to an aromatic ring is 1. The number of amides is 1. The summed E-state index contributed by atoms with van der Waals surface area (Å²) in [4.78, 5) is 19.3. The molecule has 1 aliphatic rings. The molecule has 0 bridgehead atoms. The summed E-state index contributed by atoms with van der Waals surface area (Å²) < 4.78 is 0. The first-order chi connectivity index (χ1) is 13.1. The lowest BCUT2D eigenvalue weighted by Gasteiger charge is -2.41. The van der Waals surface area contributed by atoms with Crippen molar-refractivity contribution in [1.82, 2.24) is 9.88 Å². The highest BCUT2D eigenvalue weighted by Crippen LogP contribution is 2.42. The number of hydrogen-bond acceptors (Lipinski definition) is 5. The smallest absolute Gasteiger partial charge is 0.253 e. The van der Waals surface area contributed by atoms with Crippen LogP contribution in [0.15, 0.2) is 60.0 Å². The summed E-state index contributed by atoms with van der Waals surface area (Å²) in [5, 5.41) is 12.0. The van der Waals surface area contributed by atoms with Crippen LogP contribution in [-0.4, -0.2) is 34.0 Å². The molecule has 0 aliphatic carbocycles. The largest absolute Gasteiger partial charge is 0.508 e. The van der Waals surface area contributed by atoms with Gasteiger partial charge in [0, 0.05) is 29.4 Å². The lowest BCUT2D eigenvalue weighted by molar-refractivity contribution is 0.0684. The molecular weight excluding hydrogens is 358 g/mol. The highest BCUT2D eigenvalue weighted by Gasteiger charge is 2.40. The summed E-state index contributed by atoms with van der Waals surface area (Å²) in [6.45, 7) is 1.29. The Bertz CT molecular complexity index is 930. The van der Waals surface area contributed by atoms with E-state index in [0.29, 0.717) is 23.8 Å². The fourth-order valence-corrected chi connectivity index (χ4v) is 4.50. The second-order valence-electron chi connectivity index (χ2n) is 6.86. The molecule has 1 fully saturated rings. The average molecular weight is 379 g/mol. The van der Waals surface area contributed by atoms with E-state index in [0.717, 1.165) is 18.5 Å². The van der Waals surface area contributed by atoms with Crippen molar-refractivity contribution in [3.05, 3.63) is 76.8 Å². The van der Waals surface area contributed by atoms with E-state index in [4.69, 9.17) is 5.73 Å². The van der Waals surface area contributed by atoms with Gasteiger partial charge in [0.1, 0.15) is 5.75 Å². The van der Waals surface area contributed by atoms with Crippen molar-refractivity contribution in [3.8, 4) is 5.75 Å². The Hall–Kier alpha value is -2.86. The van der Waals surface area contributed by atoms with Gasteiger partial charge in [-0.25, -0.2) is 4.98 Å². The second-order valence-corrected chi connectivity index (χ2v) is 7.75. The molecule has 3 aromatic rings. The third-order valence-corrected chi connectivity index (χ3v) is 6.03. The number of nitrogens with zero attached hydrogens (tertiary/aromatic N) is 2. The van der Waals surface area contributed by atoms with E-state index >= 15 is 0 Å². The lowest BCUT2D eigenvalue weighted by atomic mass is 9.70. The van der Waals surface area contributed by atoms with E-state index in [9.17, 15) is 9.90 Å². The Labute approximate surface area is 162 Å². The fraction of sp³-hybridized carbons (Fsp3) is 0.238. The molecule has 4 rings (SSSR count). The van der Waals surface area contributed by atoms with Crippen molar-refractivity contribution < 1.29 is 9.90 Å². The number of aromatic hydroxyl groups is 1. The van der Waals surface area contributed by atoms with Crippen LogP contribution in [0.4, 0.5) is 5.13 Å². The third kappa shape index (κ3) is 3.28. The molecule has 5 nitrogen and oxygen atoms in total. The van der Waals surface area contributed by atoms with Gasteiger partial charge in [-0.1, -0.05) is 30.3 Å². The SMILES string of the molecule is Nc1nc(C2(c3ccccc3)CCN(C(=O)c3ccc(O)cc3)CC2)cs1. The van der Waals surface area contributed by atoms with Gasteiger partial charge in [-0.05, 0) is 42.7 Å². The Balaban J connectivity index is 1.60. The van der Waals surface area contributed by atoms with Gasteiger partial charge in [0.25, 0.3) is 5.91 Å². The van der Waals surface area contributed by atoms with Gasteiger partial charge in [0.05, 0.1) is 5.69 Å². The number of phenols is 1. The Morgan fingerprint density at radius 3 is 2.33 bits per heavy atom. The van der Waals surface area contributed by atoms with E-state index in [-0.39, 0.29) is 17.1 Å². The number of piperidine rings is 1. The van der Waals surface area contributed by atoms with Gasteiger partial charge in [0.15, 0.2) is 5.13 Å². The topological polar surface area (TPSA) is 79.5 Å². The predicted molar refractivity (Wildman–Crippen MR) is 107 cm³/mol. The zero-order valence-corrected chi connectivity index (χ0v) is 15.7. The molecule has 0 saturated carbocycles. The number of carbonyl (C=O) groups is 1. The Kier molecular flexibility index (Phi) is 4.58. The van der Waals surface area contributed by atoms with Crippen molar-refractivity contribution in [1.29, 1.82) is 0 Å². The van der Waals surface area contributed by atoms with Crippen LogP contribution in [0, 0.1) is 0 Å². The normalized spacial score (nSPS) is 16.2. The summed E-state index contributed by atoms with van der Waals surface area (Å²) >= 11 is 1.46. The summed E-state index contributed by atoms with van der Waals surface area (Å²) in [5.74, 6) is 0.156. The summed E-state index contributed by atoms with van der Waals surface area (Å²) in [7, 11) is 0. The molecule has 0 atom stereocenters. The van der Waals surface area contributed by atoms with E-state index < -0.39 is 0 Å². The van der Waals surface area contributed by atoms with E-state index in [2.05, 4.69) is 17.1 Å². The third-order valence-electron chi connectivity index (χ3n) is 5.36. The van der Waals surface area contributed by atoms with Gasteiger partial charge in [-0.2, -0.15) is 0 Å². The maximum absolute atomic E-state index is 12.8. The lowest BCUT2D eigenvalue weighted by Crippen LogP contribution is -2.46. The van der Waals surface area contributed by atoms with E-state index in [1.807, 2.05) is 28.5 Å². The Morgan fingerprint density at radius 2 is 1.74 bits per heavy atom. The molecule has 2 aromatic carbocycles. The first-order valence-corrected chi connectivity index (χ1v) is 9.82. The maximum atomic E-state index is 12.8. The summed E-state index contributed by atoms with van der Waals surface area (Å²) in [6, 6.07) is 16.8. The minimum atomic E-state index is -0.221. The number of rotatable bonds is 3. The molecule has 1 aromatic heterocycles. The van der Waals surface area contributed by atoms with Crippen LogP contribution >= 0.6 is 11.3 Å². The number of hydrogen-bond donors (Lipinski definition) is 2. The molecule has 6 heteroatoms. The average Bonchev–Trinajstić information content (AvgIpc) is 3.16. The van der Waals surface area contributed by atoms with Gasteiger partial charge in [-0.3, -0.25) is 4.79 Å². The fourth-order valence-electron chi connectivity index (χ4n) is 3.84. The van der Waals surface area contributed by atoms with Gasteiger partial charge in [-0.15, -0.1) is 11.3 Å². The van der Waals surface area contributed by atoms with Crippen LogP contribution in [0.25, 0.3) is 0 Å². The number of thiazole rings is 1. The number of carbonyl (C=O) groups excluding carboxylic acids is 1. The maximum Gasteiger partial charge on any atom is 0.253 e. The molecule has 138 valence electrons. The molecule has 27 heavy (non-hydrogen) atoms. The number of benzene rings is 2. The summed E-state index contributed by atoms with van der Waals surface area (Å²) in [5.41, 5.74) is 8.49. The predicted octanol–water partition coefficient (Wildman–Crippen LogP) is 3.65. The van der Waals surface area contributed by atoms with Crippen LogP contribution in [0.2, 0.25) is 0 Å². The van der Waals surface area contributed by atoms with E-state index in [1.54, 1.807) is 24.3 Å². The highest BCUT2D eigenvalue weighted by molar-refractivity contribution is 7.13. The van der Waals surface area contributed by atoms with Crippen molar-refractivity contribution in [2.24, 2.45) is 0 Å². The first kappa shape index (κ1) is 17.5. The van der Waals surface area contributed by atoms with Gasteiger partial charge < -0.3 is 15.7 Å². The molecule has 2 heterocycles. The molecule has 0 radical (unpaired) electrons. The van der Waals surface area contributed by atoms with Crippen LogP contribution < -0.4 is 5.73 Å². The second kappa shape index (κ2) is 7.04. The van der Waals surface area contributed by atoms with Crippen LogP contribution in [0.5, 0.6) is 5.75 Å². The minimum absolute atomic E-state index is 0.00514. The quantitative estimate of drug-likeness (QED) is 0.728. The number of likely N-dealkylation sites (tertiary alicyclic amines) is 1. The van der Waals surface area contributed by atoms with Crippen molar-refractivity contribution in [2.45, 2.75) is 18.3 Å². The number of aromatic nitrogens is 1. The zero-order chi connectivity index (χ0) is 18.9. The molecule has 0 unspecified atom stereocenters. The molecular formula is C21H21N3O2S. The minimum Gasteiger partial charge on any atom is -0.508 e. The molecule has 1 aliphatic heterocycles. The van der Waals surface area contributed by atoms with Crippen molar-refractivity contribution in [2.75, 3.05) is 18.8 Å². The molecule has 1 amide bonds.